The Morgan fingerprint density at radius 1 is 0.682 bits per heavy atom. The maximum atomic E-state index is 8.60. The van der Waals surface area contributed by atoms with Crippen LogP contribution in [0.1, 0.15) is 0 Å². The first kappa shape index (κ1) is 38.1. The van der Waals surface area contributed by atoms with Crippen LogP contribution in [-0.4, -0.2) is 88.9 Å². The summed E-state index contributed by atoms with van der Waals surface area (Å²) in [7, 11) is -4.69. The monoisotopic (exact) mass is 409 g/mol. The molecule has 0 aromatic rings. The van der Waals surface area contributed by atoms with Crippen LogP contribution in [-0.2, 0) is 26.3 Å². The van der Waals surface area contributed by atoms with Gasteiger partial charge in [-0.05, 0) is 0 Å². The second kappa shape index (κ2) is 26.2. The minimum atomic E-state index is -4.69. The van der Waals surface area contributed by atoms with Gasteiger partial charge in [0.25, 0.3) is 0 Å². The van der Waals surface area contributed by atoms with E-state index in [4.69, 9.17) is 28.1 Å². The van der Waals surface area contributed by atoms with E-state index in [-0.39, 0.29) is 38.7 Å². The second-order valence-electron chi connectivity index (χ2n) is 2.96. The molecule has 2 aliphatic heterocycles. The summed E-state index contributed by atoms with van der Waals surface area (Å²) in [6.07, 6.45) is 0. The van der Waals surface area contributed by atoms with Gasteiger partial charge in [-0.2, -0.15) is 14.0 Å². The molecule has 0 unspecified atom stereocenters. The molecule has 1 radical (unpaired) electrons. The van der Waals surface area contributed by atoms with Gasteiger partial charge < -0.3 is 40.9 Å². The first-order valence-corrected chi connectivity index (χ1v) is 6.32. The topological polar surface area (TPSA) is 259 Å². The van der Waals surface area contributed by atoms with Crippen LogP contribution in [0.25, 0.3) is 0 Å². The summed E-state index contributed by atoms with van der Waals surface area (Å²) in [6, 6.07) is 0. The van der Waals surface area contributed by atoms with Gasteiger partial charge >= 0.3 is 16.8 Å². The average Bonchev–Trinajstić information content (AvgIpc) is 2.32. The molecule has 2 saturated heterocycles. The van der Waals surface area contributed by atoms with Crippen molar-refractivity contribution in [2.45, 2.75) is 0 Å². The predicted molar refractivity (Wildman–Crippen MR) is 62.2 cm³/mol. The van der Waals surface area contributed by atoms with Gasteiger partial charge in [-0.3, -0.25) is 0 Å². The summed E-state index contributed by atoms with van der Waals surface area (Å²) in [4.78, 5) is 0. The van der Waals surface area contributed by atoms with Crippen molar-refractivity contribution in [2.75, 3.05) is 52.9 Å². The Bertz CT molecular complexity index is 123. The fourth-order valence-corrected chi connectivity index (χ4v) is 0.944. The van der Waals surface area contributed by atoms with E-state index in [1.807, 2.05) is 0 Å². The zero-order chi connectivity index (χ0) is 13.0. The summed E-state index contributed by atoms with van der Waals surface area (Å²) < 4.78 is 50.8. The molecule has 2 rings (SSSR count). The van der Waals surface area contributed by atoms with Gasteiger partial charge in [0.15, 0.2) is 26.4 Å². The molecule has 143 valence electrons. The van der Waals surface area contributed by atoms with E-state index in [0.29, 0.717) is 0 Å². The van der Waals surface area contributed by atoms with Gasteiger partial charge in [0.05, 0.1) is 14.9 Å². The van der Waals surface area contributed by atoms with Crippen molar-refractivity contribution in [2.24, 2.45) is 0 Å². The molecule has 14 heteroatoms. The standard InChI is InChI=1S/2C4H8O2.ClHO4.Co.4H2O/c2*1-2-6-4-3-5-1;2-1(3,4)5;;;;;/h2*1-4H2;(H,2,3,4,5);;4*1H2/q;;;+2;;;;/p+2. The number of ether oxygens (including phenoxy) is 4. The van der Waals surface area contributed by atoms with E-state index >= 15 is 0 Å². The van der Waals surface area contributed by atoms with E-state index in [1.165, 1.54) is 0 Å². The third-order valence-electron chi connectivity index (χ3n) is 1.57. The summed E-state index contributed by atoms with van der Waals surface area (Å²) in [5.41, 5.74) is 0. The molecule has 12 nitrogen and oxygen atoms in total. The zero-order valence-corrected chi connectivity index (χ0v) is 13.5. The molecular formula is C8H27ClCoO12+4. The molecule has 22 heavy (non-hydrogen) atoms. The molecule has 0 bridgehead atoms. The Balaban J connectivity index is -0.0000000394. The van der Waals surface area contributed by atoms with Crippen molar-refractivity contribution in [1.29, 1.82) is 0 Å². The van der Waals surface area contributed by atoms with Crippen LogP contribution in [0.5, 0.6) is 0 Å². The molecule has 0 saturated carbocycles. The number of halogens is 1. The molecule has 0 atom stereocenters. The Morgan fingerprint density at radius 3 is 0.909 bits per heavy atom. The summed E-state index contributed by atoms with van der Waals surface area (Å²) in [6.45, 7) is 6.94. The van der Waals surface area contributed by atoms with Gasteiger partial charge in [0.1, 0.15) is 26.4 Å². The molecule has 0 spiro atoms. The molecule has 2 fully saturated rings. The maximum Gasteiger partial charge on any atom is 2.00 e. The summed E-state index contributed by atoms with van der Waals surface area (Å²) in [5.74, 6) is 0. The van der Waals surface area contributed by atoms with Crippen LogP contribution in [0.3, 0.4) is 0 Å². The minimum Gasteiger partial charge on any atom is -0.430 e. The summed E-state index contributed by atoms with van der Waals surface area (Å²) >= 11 is 0. The van der Waals surface area contributed by atoms with Crippen LogP contribution >= 0.6 is 0 Å². The van der Waals surface area contributed by atoms with Gasteiger partial charge in [-0.15, -0.1) is 0 Å². The Kier molecular flexibility index (Phi) is 45.4. The third-order valence-corrected chi connectivity index (χ3v) is 1.57. The van der Waals surface area contributed by atoms with Crippen molar-refractivity contribution >= 4 is 0 Å². The quantitative estimate of drug-likeness (QED) is 0.379. The van der Waals surface area contributed by atoms with Gasteiger partial charge in [-0.1, -0.05) is 0 Å². The maximum absolute atomic E-state index is 8.60. The fourth-order valence-electron chi connectivity index (χ4n) is 0.944. The second-order valence-corrected chi connectivity index (χ2v) is 3.75. The normalized spacial score (nSPS) is 15.8. The van der Waals surface area contributed by atoms with Crippen molar-refractivity contribution in [1.82, 2.24) is 0 Å². The van der Waals surface area contributed by atoms with E-state index < -0.39 is 10.2 Å². The number of hydrogen-bond acceptors (Lipinski definition) is 6. The fraction of sp³-hybridized carbons (Fsp3) is 1.00. The van der Waals surface area contributed by atoms with Crippen LogP contribution in [0.15, 0.2) is 0 Å². The molecule has 2 aliphatic rings. The summed E-state index contributed by atoms with van der Waals surface area (Å²) in [5, 5.41) is 0. The number of aliphatic hydroxyl groups is 4. The van der Waals surface area contributed by atoms with Crippen molar-refractivity contribution in [3.05, 3.63) is 0 Å². The Morgan fingerprint density at radius 2 is 0.864 bits per heavy atom. The largest absolute Gasteiger partial charge is 2.00 e. The van der Waals surface area contributed by atoms with E-state index in [0.717, 1.165) is 52.9 Å². The Hall–Kier alpha value is 0.316. The van der Waals surface area contributed by atoms with Crippen LogP contribution in [0.2, 0.25) is 0 Å². The number of rotatable bonds is 0. The van der Waals surface area contributed by atoms with E-state index in [1.54, 1.807) is 0 Å². The minimum absolute atomic E-state index is 0. The third kappa shape index (κ3) is 50.0. The Labute approximate surface area is 140 Å². The van der Waals surface area contributed by atoms with Gasteiger partial charge in [0.2, 0.25) is 0 Å². The van der Waals surface area contributed by atoms with Crippen molar-refractivity contribution < 1.29 is 86.5 Å². The molecule has 2 heterocycles. The first-order valence-electron chi connectivity index (χ1n) is 5.05. The van der Waals surface area contributed by atoms with Crippen molar-refractivity contribution in [3.63, 3.8) is 0 Å². The molecule has 11 N–H and O–H groups in total. The van der Waals surface area contributed by atoms with Crippen LogP contribution in [0, 0.1) is 10.2 Å². The molecule has 0 amide bonds. The zero-order valence-electron chi connectivity index (χ0n) is 11.8. The van der Waals surface area contributed by atoms with Crippen LogP contribution < -0.4 is 14.0 Å². The first-order chi connectivity index (χ1) is 8.00. The van der Waals surface area contributed by atoms with E-state index in [2.05, 4.69) is 9.47 Å². The van der Waals surface area contributed by atoms with Crippen LogP contribution in [0.4, 0.5) is 0 Å². The molecule has 0 aliphatic carbocycles. The van der Waals surface area contributed by atoms with Gasteiger partial charge in [-0.25, -0.2) is 0 Å². The average molecular weight is 410 g/mol. The predicted octanol–water partition coefficient (Wildman–Crippen LogP) is -8.34. The molecule has 0 aromatic carbocycles. The smallest absolute Gasteiger partial charge is 0.430 e. The number of hydrogen-bond donors (Lipinski definition) is 1. The SMILES string of the molecule is C1C[OH+]CCO1.C1C[OH+]CCO1.O.O.O.O.[Co+2].[O-][Cl+3]([O-])([O-])O. The molecule has 0 aromatic heterocycles. The van der Waals surface area contributed by atoms with Crippen molar-refractivity contribution in [3.8, 4) is 0 Å². The van der Waals surface area contributed by atoms with E-state index in [9.17, 15) is 0 Å². The van der Waals surface area contributed by atoms with Gasteiger partial charge in [0, 0.05) is 0 Å². The molecular weight excluding hydrogens is 382 g/mol.